The van der Waals surface area contributed by atoms with Gasteiger partial charge < -0.3 is 10.3 Å². The van der Waals surface area contributed by atoms with E-state index in [0.717, 1.165) is 29.0 Å². The maximum absolute atomic E-state index is 12.9. The average Bonchev–Trinajstić information content (AvgIpc) is 2.83. The van der Waals surface area contributed by atoms with Crippen LogP contribution >= 0.6 is 0 Å². The van der Waals surface area contributed by atoms with Crippen molar-refractivity contribution in [3.63, 3.8) is 0 Å². The minimum atomic E-state index is -0.202. The van der Waals surface area contributed by atoms with Gasteiger partial charge in [-0.05, 0) is 43.2 Å². The summed E-state index contributed by atoms with van der Waals surface area (Å²) >= 11 is 0. The Morgan fingerprint density at radius 2 is 1.90 bits per heavy atom. The fourth-order valence-corrected chi connectivity index (χ4v) is 2.28. The Morgan fingerprint density at radius 3 is 2.65 bits per heavy atom. The van der Waals surface area contributed by atoms with Crippen molar-refractivity contribution in [1.82, 2.24) is 9.97 Å². The number of aromatic nitrogens is 2. The SMILES string of the molecule is CC(Cc1ccc(F)cc1)Nc1nc2ccccc2[nH]1. The monoisotopic (exact) mass is 269 g/mol. The Kier molecular flexibility index (Phi) is 3.37. The minimum Gasteiger partial charge on any atom is -0.353 e. The number of imidazole rings is 1. The summed E-state index contributed by atoms with van der Waals surface area (Å²) in [6.07, 6.45) is 0.817. The van der Waals surface area contributed by atoms with E-state index in [-0.39, 0.29) is 11.9 Å². The molecule has 1 atom stereocenters. The zero-order valence-electron chi connectivity index (χ0n) is 11.2. The summed E-state index contributed by atoms with van der Waals surface area (Å²) in [5.74, 6) is 0.562. The molecule has 0 bridgehead atoms. The molecule has 1 unspecified atom stereocenters. The van der Waals surface area contributed by atoms with E-state index in [1.165, 1.54) is 12.1 Å². The second-order valence-electron chi connectivity index (χ2n) is 4.98. The highest BCUT2D eigenvalue weighted by atomic mass is 19.1. The molecule has 102 valence electrons. The zero-order chi connectivity index (χ0) is 13.9. The summed E-state index contributed by atoms with van der Waals surface area (Å²) in [4.78, 5) is 7.72. The molecule has 2 aromatic carbocycles. The summed E-state index contributed by atoms with van der Waals surface area (Å²) in [5.41, 5.74) is 3.07. The molecule has 4 heteroatoms. The lowest BCUT2D eigenvalue weighted by Crippen LogP contribution is -2.18. The lowest BCUT2D eigenvalue weighted by molar-refractivity contribution is 0.626. The van der Waals surface area contributed by atoms with E-state index in [9.17, 15) is 4.39 Å². The first-order valence-electron chi connectivity index (χ1n) is 6.66. The van der Waals surface area contributed by atoms with Crippen molar-refractivity contribution in [3.05, 3.63) is 59.9 Å². The van der Waals surface area contributed by atoms with Gasteiger partial charge in [-0.3, -0.25) is 0 Å². The highest BCUT2D eigenvalue weighted by Crippen LogP contribution is 2.15. The van der Waals surface area contributed by atoms with E-state index in [2.05, 4.69) is 22.2 Å². The number of nitrogens with one attached hydrogen (secondary N) is 2. The summed E-state index contributed by atoms with van der Waals surface area (Å²) in [6.45, 7) is 2.08. The predicted octanol–water partition coefficient (Wildman–Crippen LogP) is 3.75. The van der Waals surface area contributed by atoms with Crippen LogP contribution in [0.4, 0.5) is 10.3 Å². The summed E-state index contributed by atoms with van der Waals surface area (Å²) < 4.78 is 12.9. The highest BCUT2D eigenvalue weighted by molar-refractivity contribution is 5.77. The first kappa shape index (κ1) is 12.7. The predicted molar refractivity (Wildman–Crippen MR) is 79.3 cm³/mol. The smallest absolute Gasteiger partial charge is 0.201 e. The van der Waals surface area contributed by atoms with E-state index in [1.807, 2.05) is 36.4 Å². The van der Waals surface area contributed by atoms with Crippen LogP contribution in [-0.2, 0) is 6.42 Å². The van der Waals surface area contributed by atoms with Crippen LogP contribution in [-0.4, -0.2) is 16.0 Å². The Labute approximate surface area is 116 Å². The van der Waals surface area contributed by atoms with Gasteiger partial charge in [-0.15, -0.1) is 0 Å². The largest absolute Gasteiger partial charge is 0.353 e. The topological polar surface area (TPSA) is 40.7 Å². The molecule has 3 nitrogen and oxygen atoms in total. The molecular weight excluding hydrogens is 253 g/mol. The molecule has 0 saturated heterocycles. The van der Waals surface area contributed by atoms with Gasteiger partial charge in [-0.25, -0.2) is 9.37 Å². The van der Waals surface area contributed by atoms with E-state index in [1.54, 1.807) is 0 Å². The van der Waals surface area contributed by atoms with Crippen molar-refractivity contribution in [2.75, 3.05) is 5.32 Å². The van der Waals surface area contributed by atoms with Crippen LogP contribution in [0.5, 0.6) is 0 Å². The van der Waals surface area contributed by atoms with Crippen molar-refractivity contribution < 1.29 is 4.39 Å². The number of rotatable bonds is 4. The number of aromatic amines is 1. The number of H-pyrrole nitrogens is 1. The lowest BCUT2D eigenvalue weighted by Gasteiger charge is -2.12. The Hall–Kier alpha value is -2.36. The van der Waals surface area contributed by atoms with Crippen molar-refractivity contribution in [2.24, 2.45) is 0 Å². The van der Waals surface area contributed by atoms with Crippen LogP contribution in [0.3, 0.4) is 0 Å². The molecule has 0 radical (unpaired) electrons. The number of para-hydroxylation sites is 2. The lowest BCUT2D eigenvalue weighted by atomic mass is 10.1. The molecule has 1 heterocycles. The zero-order valence-corrected chi connectivity index (χ0v) is 11.2. The third-order valence-electron chi connectivity index (χ3n) is 3.23. The molecule has 0 aliphatic rings. The number of nitrogens with zero attached hydrogens (tertiary/aromatic N) is 1. The van der Waals surface area contributed by atoms with Gasteiger partial charge in [0.25, 0.3) is 0 Å². The number of hydrogen-bond acceptors (Lipinski definition) is 2. The molecule has 0 saturated carbocycles. The molecule has 0 aliphatic heterocycles. The van der Waals surface area contributed by atoms with Gasteiger partial charge in [0.2, 0.25) is 5.95 Å². The standard InChI is InChI=1S/C16H16FN3/c1-11(10-12-6-8-13(17)9-7-12)18-16-19-14-4-2-3-5-15(14)20-16/h2-9,11H,10H2,1H3,(H2,18,19,20). The van der Waals surface area contributed by atoms with Gasteiger partial charge in [0, 0.05) is 6.04 Å². The van der Waals surface area contributed by atoms with Crippen LogP contribution in [0.25, 0.3) is 11.0 Å². The van der Waals surface area contributed by atoms with Gasteiger partial charge in [-0.2, -0.15) is 0 Å². The van der Waals surface area contributed by atoms with E-state index >= 15 is 0 Å². The van der Waals surface area contributed by atoms with Crippen molar-refractivity contribution in [3.8, 4) is 0 Å². The van der Waals surface area contributed by atoms with Crippen molar-refractivity contribution in [1.29, 1.82) is 0 Å². The second kappa shape index (κ2) is 5.33. The highest BCUT2D eigenvalue weighted by Gasteiger charge is 2.07. The van der Waals surface area contributed by atoms with Gasteiger partial charge in [0.05, 0.1) is 11.0 Å². The molecule has 0 spiro atoms. The number of fused-ring (bicyclic) bond motifs is 1. The minimum absolute atomic E-state index is 0.202. The molecule has 0 fully saturated rings. The van der Waals surface area contributed by atoms with Gasteiger partial charge in [0.1, 0.15) is 5.82 Å². The van der Waals surface area contributed by atoms with Crippen LogP contribution in [0.15, 0.2) is 48.5 Å². The summed E-state index contributed by atoms with van der Waals surface area (Å²) in [7, 11) is 0. The molecule has 1 aromatic heterocycles. The quantitative estimate of drug-likeness (QED) is 0.757. The Morgan fingerprint density at radius 1 is 1.15 bits per heavy atom. The molecule has 20 heavy (non-hydrogen) atoms. The van der Waals surface area contributed by atoms with Gasteiger partial charge in [0.15, 0.2) is 0 Å². The third-order valence-corrected chi connectivity index (χ3v) is 3.23. The third kappa shape index (κ3) is 2.79. The first-order chi connectivity index (χ1) is 9.70. The molecular formula is C16H16FN3. The van der Waals surface area contributed by atoms with Crippen LogP contribution in [0.2, 0.25) is 0 Å². The Balaban J connectivity index is 1.69. The number of halogens is 1. The number of anilines is 1. The van der Waals surface area contributed by atoms with Gasteiger partial charge in [-0.1, -0.05) is 24.3 Å². The number of hydrogen-bond donors (Lipinski definition) is 2. The maximum Gasteiger partial charge on any atom is 0.201 e. The van der Waals surface area contributed by atoms with Crippen LogP contribution in [0, 0.1) is 5.82 Å². The van der Waals surface area contributed by atoms with Crippen LogP contribution in [0.1, 0.15) is 12.5 Å². The molecule has 0 aliphatic carbocycles. The molecule has 0 amide bonds. The van der Waals surface area contributed by atoms with E-state index in [0.29, 0.717) is 0 Å². The van der Waals surface area contributed by atoms with Crippen molar-refractivity contribution >= 4 is 17.0 Å². The molecule has 3 rings (SSSR count). The Bertz CT molecular complexity index is 670. The average molecular weight is 269 g/mol. The second-order valence-corrected chi connectivity index (χ2v) is 4.98. The maximum atomic E-state index is 12.9. The summed E-state index contributed by atoms with van der Waals surface area (Å²) in [5, 5.41) is 3.33. The normalized spacial score (nSPS) is 12.5. The molecule has 3 aromatic rings. The molecule has 2 N–H and O–H groups in total. The van der Waals surface area contributed by atoms with Crippen LogP contribution < -0.4 is 5.32 Å². The van der Waals surface area contributed by atoms with Crippen molar-refractivity contribution in [2.45, 2.75) is 19.4 Å². The number of benzene rings is 2. The fourth-order valence-electron chi connectivity index (χ4n) is 2.28. The summed E-state index contributed by atoms with van der Waals surface area (Å²) in [6, 6.07) is 14.7. The van der Waals surface area contributed by atoms with E-state index < -0.39 is 0 Å². The first-order valence-corrected chi connectivity index (χ1v) is 6.66. The van der Waals surface area contributed by atoms with Gasteiger partial charge >= 0.3 is 0 Å². The fraction of sp³-hybridized carbons (Fsp3) is 0.188. The van der Waals surface area contributed by atoms with E-state index in [4.69, 9.17) is 0 Å².